The highest BCUT2D eigenvalue weighted by Gasteiger charge is 2.26. The van der Waals surface area contributed by atoms with E-state index in [1.807, 2.05) is 6.92 Å². The summed E-state index contributed by atoms with van der Waals surface area (Å²) in [5.74, 6) is 0.408. The van der Waals surface area contributed by atoms with Gasteiger partial charge in [0, 0.05) is 18.8 Å². The van der Waals surface area contributed by atoms with Crippen molar-refractivity contribution in [2.75, 3.05) is 18.9 Å². The summed E-state index contributed by atoms with van der Waals surface area (Å²) in [4.78, 5) is 0.196. The number of hydrogen-bond donors (Lipinski definition) is 3. The van der Waals surface area contributed by atoms with Gasteiger partial charge in [0.05, 0.1) is 4.90 Å². The number of rotatable bonds is 5. The van der Waals surface area contributed by atoms with E-state index in [1.54, 1.807) is 12.1 Å². The van der Waals surface area contributed by atoms with Gasteiger partial charge in [0.2, 0.25) is 10.0 Å². The summed E-state index contributed by atoms with van der Waals surface area (Å²) in [5, 5.41) is 9.38. The second-order valence-electron chi connectivity index (χ2n) is 5.86. The van der Waals surface area contributed by atoms with Crippen molar-refractivity contribution < 1.29 is 13.5 Å². The number of nitrogen functional groups attached to an aromatic ring is 1. The third-order valence-electron chi connectivity index (χ3n) is 4.40. The van der Waals surface area contributed by atoms with Crippen LogP contribution in [-0.2, 0) is 10.0 Å². The smallest absolute Gasteiger partial charge is 0.240 e. The second-order valence-corrected chi connectivity index (χ2v) is 7.62. The van der Waals surface area contributed by atoms with Crippen molar-refractivity contribution in [2.24, 2.45) is 11.8 Å². The molecule has 1 aromatic carbocycles. The van der Waals surface area contributed by atoms with Gasteiger partial charge in [-0.1, -0.05) is 18.9 Å². The van der Waals surface area contributed by atoms with Crippen LogP contribution in [0.3, 0.4) is 0 Å². The molecule has 6 heteroatoms. The maximum Gasteiger partial charge on any atom is 0.240 e. The lowest BCUT2D eigenvalue weighted by Crippen LogP contribution is -2.35. The van der Waals surface area contributed by atoms with Gasteiger partial charge in [-0.15, -0.1) is 0 Å². The summed E-state index contributed by atoms with van der Waals surface area (Å²) in [7, 11) is -3.54. The van der Waals surface area contributed by atoms with Crippen LogP contribution in [0.25, 0.3) is 0 Å². The van der Waals surface area contributed by atoms with Crippen molar-refractivity contribution in [3.05, 3.63) is 23.8 Å². The van der Waals surface area contributed by atoms with E-state index in [0.29, 0.717) is 12.2 Å². The van der Waals surface area contributed by atoms with Gasteiger partial charge in [0.15, 0.2) is 0 Å². The average Bonchev–Trinajstić information content (AvgIpc) is 2.48. The molecule has 1 aliphatic carbocycles. The molecule has 4 N–H and O–H groups in total. The number of benzene rings is 1. The SMILES string of the molecule is Cc1ccc(S(=O)(=O)NCC2CCCCC2CO)cc1N. The fourth-order valence-electron chi connectivity index (χ4n) is 2.88. The third kappa shape index (κ3) is 3.96. The average molecular weight is 312 g/mol. The summed E-state index contributed by atoms with van der Waals surface area (Å²) in [6, 6.07) is 4.77. The largest absolute Gasteiger partial charge is 0.398 e. The summed E-state index contributed by atoms with van der Waals surface area (Å²) in [6.45, 7) is 2.35. The van der Waals surface area contributed by atoms with E-state index in [4.69, 9.17) is 5.73 Å². The van der Waals surface area contributed by atoms with Crippen LogP contribution in [-0.4, -0.2) is 26.7 Å². The van der Waals surface area contributed by atoms with Crippen LogP contribution in [0.5, 0.6) is 0 Å². The van der Waals surface area contributed by atoms with Gasteiger partial charge >= 0.3 is 0 Å². The number of nitrogens with one attached hydrogen (secondary N) is 1. The first-order valence-corrected chi connectivity index (χ1v) is 8.89. The Bertz CT molecular complexity index is 587. The van der Waals surface area contributed by atoms with Crippen molar-refractivity contribution in [1.82, 2.24) is 4.72 Å². The Balaban J connectivity index is 2.05. The van der Waals surface area contributed by atoms with Gasteiger partial charge in [0.1, 0.15) is 0 Å². The molecule has 1 aliphatic rings. The van der Waals surface area contributed by atoms with Crippen LogP contribution in [0.15, 0.2) is 23.1 Å². The Hall–Kier alpha value is -1.11. The minimum Gasteiger partial charge on any atom is -0.398 e. The summed E-state index contributed by atoms with van der Waals surface area (Å²) in [5.41, 5.74) is 7.11. The van der Waals surface area contributed by atoms with Crippen LogP contribution < -0.4 is 10.5 Å². The monoisotopic (exact) mass is 312 g/mol. The molecule has 0 spiro atoms. The fourth-order valence-corrected chi connectivity index (χ4v) is 4.01. The highest BCUT2D eigenvalue weighted by Crippen LogP contribution is 2.29. The Morgan fingerprint density at radius 2 is 1.95 bits per heavy atom. The van der Waals surface area contributed by atoms with Gasteiger partial charge in [-0.05, 0) is 49.3 Å². The van der Waals surface area contributed by atoms with Crippen molar-refractivity contribution in [1.29, 1.82) is 0 Å². The van der Waals surface area contributed by atoms with Crippen LogP contribution in [0.1, 0.15) is 31.2 Å². The zero-order chi connectivity index (χ0) is 15.5. The number of aryl methyl sites for hydroxylation is 1. The van der Waals surface area contributed by atoms with Crippen LogP contribution in [0.4, 0.5) is 5.69 Å². The Morgan fingerprint density at radius 3 is 2.57 bits per heavy atom. The molecule has 2 rings (SSSR count). The van der Waals surface area contributed by atoms with E-state index in [1.165, 1.54) is 6.07 Å². The fraction of sp³-hybridized carbons (Fsp3) is 0.600. The first-order chi connectivity index (χ1) is 9.94. The van der Waals surface area contributed by atoms with Gasteiger partial charge < -0.3 is 10.8 Å². The lowest BCUT2D eigenvalue weighted by atomic mass is 9.80. The molecule has 0 radical (unpaired) electrons. The molecule has 0 bridgehead atoms. The van der Waals surface area contributed by atoms with E-state index < -0.39 is 10.0 Å². The van der Waals surface area contributed by atoms with E-state index in [9.17, 15) is 13.5 Å². The molecule has 1 aromatic rings. The van der Waals surface area contributed by atoms with Crippen molar-refractivity contribution in [3.8, 4) is 0 Å². The minimum atomic E-state index is -3.54. The molecular formula is C15H24N2O3S. The second kappa shape index (κ2) is 6.77. The molecular weight excluding hydrogens is 288 g/mol. The number of aliphatic hydroxyl groups is 1. The van der Waals surface area contributed by atoms with Gasteiger partial charge in [0.25, 0.3) is 0 Å². The molecule has 1 saturated carbocycles. The zero-order valence-corrected chi connectivity index (χ0v) is 13.2. The van der Waals surface area contributed by atoms with Crippen LogP contribution in [0, 0.1) is 18.8 Å². The molecule has 0 aliphatic heterocycles. The molecule has 1 fully saturated rings. The predicted octanol–water partition coefficient (Wildman–Crippen LogP) is 1.65. The summed E-state index contributed by atoms with van der Waals surface area (Å²) < 4.78 is 27.3. The number of nitrogens with two attached hydrogens (primary N) is 1. The van der Waals surface area contributed by atoms with E-state index in [2.05, 4.69) is 4.72 Å². The highest BCUT2D eigenvalue weighted by molar-refractivity contribution is 7.89. The van der Waals surface area contributed by atoms with Crippen molar-refractivity contribution in [3.63, 3.8) is 0 Å². The number of anilines is 1. The summed E-state index contributed by atoms with van der Waals surface area (Å²) >= 11 is 0. The minimum absolute atomic E-state index is 0.129. The molecule has 0 aromatic heterocycles. The standard InChI is InChI=1S/C15H24N2O3S/c1-11-6-7-14(8-15(11)16)21(19,20)17-9-12-4-2-3-5-13(12)10-18/h6-8,12-13,17-18H,2-5,9-10,16H2,1H3. The van der Waals surface area contributed by atoms with Gasteiger partial charge in [-0.3, -0.25) is 0 Å². The predicted molar refractivity (Wildman–Crippen MR) is 83.3 cm³/mol. The quantitative estimate of drug-likeness (QED) is 0.721. The molecule has 118 valence electrons. The topological polar surface area (TPSA) is 92.4 Å². The van der Waals surface area contributed by atoms with Crippen LogP contribution >= 0.6 is 0 Å². The summed E-state index contributed by atoms with van der Waals surface area (Å²) in [6.07, 6.45) is 4.15. The molecule has 0 saturated heterocycles. The highest BCUT2D eigenvalue weighted by atomic mass is 32.2. The van der Waals surface area contributed by atoms with Gasteiger partial charge in [-0.25, -0.2) is 13.1 Å². The Kier molecular flexibility index (Phi) is 5.24. The van der Waals surface area contributed by atoms with Crippen molar-refractivity contribution in [2.45, 2.75) is 37.5 Å². The maximum atomic E-state index is 12.3. The first kappa shape index (κ1) is 16.3. The Morgan fingerprint density at radius 1 is 1.29 bits per heavy atom. The molecule has 0 amide bonds. The van der Waals surface area contributed by atoms with Gasteiger partial charge in [-0.2, -0.15) is 0 Å². The zero-order valence-electron chi connectivity index (χ0n) is 12.4. The molecule has 5 nitrogen and oxygen atoms in total. The number of sulfonamides is 1. The molecule has 0 heterocycles. The van der Waals surface area contributed by atoms with Crippen molar-refractivity contribution >= 4 is 15.7 Å². The van der Waals surface area contributed by atoms with E-state index >= 15 is 0 Å². The Labute approximate surface area is 126 Å². The normalized spacial score (nSPS) is 23.1. The first-order valence-electron chi connectivity index (χ1n) is 7.40. The lowest BCUT2D eigenvalue weighted by Gasteiger charge is -2.30. The van der Waals surface area contributed by atoms with Crippen LogP contribution in [0.2, 0.25) is 0 Å². The molecule has 21 heavy (non-hydrogen) atoms. The number of aliphatic hydroxyl groups excluding tert-OH is 1. The van der Waals surface area contributed by atoms with E-state index in [-0.39, 0.29) is 23.3 Å². The maximum absolute atomic E-state index is 12.3. The lowest BCUT2D eigenvalue weighted by molar-refractivity contribution is 0.136. The molecule has 2 atom stereocenters. The van der Waals surface area contributed by atoms with E-state index in [0.717, 1.165) is 31.2 Å². The number of hydrogen-bond acceptors (Lipinski definition) is 4. The molecule has 2 unspecified atom stereocenters. The third-order valence-corrected chi connectivity index (χ3v) is 5.82.